The molecule has 0 radical (unpaired) electrons. The lowest BCUT2D eigenvalue weighted by Gasteiger charge is -2.44. The molecule has 142 valence electrons. The molecular formula is C21H31N3O2. The summed E-state index contributed by atoms with van der Waals surface area (Å²) < 4.78 is 5.99. The monoisotopic (exact) mass is 357 g/mol. The van der Waals surface area contributed by atoms with Crippen LogP contribution in [0, 0.1) is 17.3 Å². The highest BCUT2D eigenvalue weighted by molar-refractivity contribution is 5.79. The lowest BCUT2D eigenvalue weighted by molar-refractivity contribution is -0.142. The predicted molar refractivity (Wildman–Crippen MR) is 100 cm³/mol. The van der Waals surface area contributed by atoms with Crippen molar-refractivity contribution in [3.05, 3.63) is 30.1 Å². The first-order valence-electron chi connectivity index (χ1n) is 10.1. The van der Waals surface area contributed by atoms with Crippen LogP contribution in [0.25, 0.3) is 0 Å². The molecule has 0 N–H and O–H groups in total. The van der Waals surface area contributed by atoms with E-state index in [1.165, 1.54) is 5.56 Å². The zero-order valence-electron chi connectivity index (χ0n) is 15.9. The SMILES string of the molecule is CC1CC(C(=O)N2CCC3(CC2)COCCN(Cc2ccncc2)C3)C1. The number of amides is 1. The third-order valence-corrected chi connectivity index (χ3v) is 6.53. The van der Waals surface area contributed by atoms with Gasteiger partial charge in [-0.3, -0.25) is 14.7 Å². The first kappa shape index (κ1) is 17.9. The highest BCUT2D eigenvalue weighted by Crippen LogP contribution is 2.38. The Labute approximate surface area is 156 Å². The molecule has 0 atom stereocenters. The van der Waals surface area contributed by atoms with Gasteiger partial charge in [0.05, 0.1) is 13.2 Å². The van der Waals surface area contributed by atoms with E-state index < -0.39 is 0 Å². The maximum absolute atomic E-state index is 12.6. The number of piperidine rings is 1. The Bertz CT molecular complexity index is 607. The summed E-state index contributed by atoms with van der Waals surface area (Å²) in [5.74, 6) is 1.44. The largest absolute Gasteiger partial charge is 0.379 e. The van der Waals surface area contributed by atoms with Gasteiger partial charge in [-0.2, -0.15) is 0 Å². The average Bonchev–Trinajstić information content (AvgIpc) is 2.82. The molecule has 0 unspecified atom stereocenters. The molecule has 26 heavy (non-hydrogen) atoms. The fourth-order valence-corrected chi connectivity index (χ4v) is 4.83. The molecule has 4 rings (SSSR count). The van der Waals surface area contributed by atoms with E-state index in [0.717, 1.165) is 77.5 Å². The molecule has 1 spiro atoms. The summed E-state index contributed by atoms with van der Waals surface area (Å²) >= 11 is 0. The minimum atomic E-state index is 0.202. The average molecular weight is 357 g/mol. The summed E-state index contributed by atoms with van der Waals surface area (Å²) in [7, 11) is 0. The Morgan fingerprint density at radius 3 is 2.65 bits per heavy atom. The van der Waals surface area contributed by atoms with Crippen molar-refractivity contribution in [3.63, 3.8) is 0 Å². The van der Waals surface area contributed by atoms with Crippen LogP contribution in [0.1, 0.15) is 38.2 Å². The fourth-order valence-electron chi connectivity index (χ4n) is 4.83. The Morgan fingerprint density at radius 1 is 1.23 bits per heavy atom. The Morgan fingerprint density at radius 2 is 1.96 bits per heavy atom. The minimum Gasteiger partial charge on any atom is -0.379 e. The third-order valence-electron chi connectivity index (χ3n) is 6.53. The summed E-state index contributed by atoms with van der Waals surface area (Å²) in [6.45, 7) is 8.68. The molecule has 1 aromatic rings. The molecule has 1 saturated carbocycles. The molecule has 0 aromatic carbocycles. The van der Waals surface area contributed by atoms with E-state index in [1.54, 1.807) is 0 Å². The Kier molecular flexibility index (Phi) is 5.28. The van der Waals surface area contributed by atoms with E-state index in [2.05, 4.69) is 33.8 Å². The van der Waals surface area contributed by atoms with Crippen LogP contribution < -0.4 is 0 Å². The molecule has 5 heteroatoms. The van der Waals surface area contributed by atoms with Gasteiger partial charge in [0.25, 0.3) is 0 Å². The van der Waals surface area contributed by atoms with E-state index in [4.69, 9.17) is 4.74 Å². The summed E-state index contributed by atoms with van der Waals surface area (Å²) in [5, 5.41) is 0. The molecule has 2 saturated heterocycles. The number of carbonyl (C=O) groups is 1. The van der Waals surface area contributed by atoms with E-state index in [0.29, 0.717) is 11.8 Å². The second-order valence-corrected chi connectivity index (χ2v) is 8.72. The zero-order valence-corrected chi connectivity index (χ0v) is 15.9. The number of hydrogen-bond acceptors (Lipinski definition) is 4. The number of pyridine rings is 1. The van der Waals surface area contributed by atoms with Gasteiger partial charge < -0.3 is 9.64 Å². The summed E-state index contributed by atoms with van der Waals surface area (Å²) in [4.78, 5) is 21.4. The van der Waals surface area contributed by atoms with Crippen molar-refractivity contribution in [2.24, 2.45) is 17.3 Å². The Balaban J connectivity index is 1.35. The first-order chi connectivity index (χ1) is 12.6. The highest BCUT2D eigenvalue weighted by atomic mass is 16.5. The molecule has 0 bridgehead atoms. The number of aromatic nitrogens is 1. The highest BCUT2D eigenvalue weighted by Gasteiger charge is 2.41. The maximum Gasteiger partial charge on any atom is 0.225 e. The fraction of sp³-hybridized carbons (Fsp3) is 0.714. The smallest absolute Gasteiger partial charge is 0.225 e. The van der Waals surface area contributed by atoms with Crippen molar-refractivity contribution in [1.82, 2.24) is 14.8 Å². The maximum atomic E-state index is 12.6. The van der Waals surface area contributed by atoms with E-state index >= 15 is 0 Å². The topological polar surface area (TPSA) is 45.7 Å². The van der Waals surface area contributed by atoms with E-state index in [-0.39, 0.29) is 5.41 Å². The summed E-state index contributed by atoms with van der Waals surface area (Å²) in [6.07, 6.45) is 8.03. The minimum absolute atomic E-state index is 0.202. The second-order valence-electron chi connectivity index (χ2n) is 8.72. The van der Waals surface area contributed by atoms with Crippen molar-refractivity contribution in [2.75, 3.05) is 39.4 Å². The molecule has 5 nitrogen and oxygen atoms in total. The van der Waals surface area contributed by atoms with Gasteiger partial charge in [-0.1, -0.05) is 6.92 Å². The van der Waals surface area contributed by atoms with Gasteiger partial charge in [-0.15, -0.1) is 0 Å². The number of hydrogen-bond donors (Lipinski definition) is 0. The van der Waals surface area contributed by atoms with Crippen molar-refractivity contribution >= 4 is 5.91 Å². The van der Waals surface area contributed by atoms with Gasteiger partial charge in [-0.05, 0) is 49.3 Å². The van der Waals surface area contributed by atoms with Crippen LogP contribution >= 0.6 is 0 Å². The number of likely N-dealkylation sites (tertiary alicyclic amines) is 1. The third kappa shape index (κ3) is 3.94. The zero-order chi connectivity index (χ0) is 18.0. The first-order valence-corrected chi connectivity index (χ1v) is 10.1. The molecule has 1 aliphatic carbocycles. The Hall–Kier alpha value is -1.46. The van der Waals surface area contributed by atoms with Crippen molar-refractivity contribution < 1.29 is 9.53 Å². The van der Waals surface area contributed by atoms with Crippen LogP contribution in [0.5, 0.6) is 0 Å². The van der Waals surface area contributed by atoms with Crippen LogP contribution in [0.3, 0.4) is 0 Å². The molecule has 3 heterocycles. The number of carbonyl (C=O) groups excluding carboxylic acids is 1. The lowest BCUT2D eigenvalue weighted by atomic mass is 9.74. The molecule has 1 amide bonds. The van der Waals surface area contributed by atoms with Crippen molar-refractivity contribution in [1.29, 1.82) is 0 Å². The number of rotatable bonds is 3. The van der Waals surface area contributed by atoms with Gasteiger partial charge in [-0.25, -0.2) is 0 Å². The van der Waals surface area contributed by atoms with Crippen LogP contribution in [-0.4, -0.2) is 60.1 Å². The molecular weight excluding hydrogens is 326 g/mol. The second kappa shape index (κ2) is 7.65. The van der Waals surface area contributed by atoms with Crippen molar-refractivity contribution in [2.45, 2.75) is 39.2 Å². The number of ether oxygens (including phenoxy) is 1. The molecule has 3 aliphatic rings. The quantitative estimate of drug-likeness (QED) is 0.834. The van der Waals surface area contributed by atoms with Gasteiger partial charge >= 0.3 is 0 Å². The van der Waals surface area contributed by atoms with Crippen LogP contribution in [0.4, 0.5) is 0 Å². The molecule has 3 fully saturated rings. The lowest BCUT2D eigenvalue weighted by Crippen LogP contribution is -2.51. The van der Waals surface area contributed by atoms with E-state index in [9.17, 15) is 4.79 Å². The van der Waals surface area contributed by atoms with Gasteiger partial charge in [0, 0.05) is 56.5 Å². The summed E-state index contributed by atoms with van der Waals surface area (Å²) in [5.41, 5.74) is 1.51. The van der Waals surface area contributed by atoms with Crippen LogP contribution in [0.2, 0.25) is 0 Å². The standard InChI is InChI=1S/C21H31N3O2/c1-17-12-19(13-17)20(25)24-8-4-21(5-9-24)15-23(10-11-26-16-21)14-18-2-6-22-7-3-18/h2-3,6-7,17,19H,4-5,8-16H2,1H3. The van der Waals surface area contributed by atoms with Gasteiger partial charge in [0.1, 0.15) is 0 Å². The van der Waals surface area contributed by atoms with Gasteiger partial charge in [0.2, 0.25) is 5.91 Å². The summed E-state index contributed by atoms with van der Waals surface area (Å²) in [6, 6.07) is 4.19. The van der Waals surface area contributed by atoms with Crippen LogP contribution in [-0.2, 0) is 16.1 Å². The molecule has 2 aliphatic heterocycles. The number of nitrogens with zero attached hydrogens (tertiary/aromatic N) is 3. The molecule has 1 aromatic heterocycles. The van der Waals surface area contributed by atoms with Crippen LogP contribution in [0.15, 0.2) is 24.5 Å². The van der Waals surface area contributed by atoms with Gasteiger partial charge in [0.15, 0.2) is 0 Å². The van der Waals surface area contributed by atoms with E-state index in [1.807, 2.05) is 12.4 Å². The normalized spacial score (nSPS) is 29.2. The predicted octanol–water partition coefficient (Wildman–Crippen LogP) is 2.57. The van der Waals surface area contributed by atoms with Crippen molar-refractivity contribution in [3.8, 4) is 0 Å².